The van der Waals surface area contributed by atoms with E-state index in [2.05, 4.69) is 22.4 Å². The number of ether oxygens (including phenoxy) is 1. The zero-order valence-corrected chi connectivity index (χ0v) is 13.9. The number of carbonyl (C=O) groups is 1. The lowest BCUT2D eigenvalue weighted by molar-refractivity contribution is -0.150. The molecule has 0 aliphatic heterocycles. The van der Waals surface area contributed by atoms with Crippen LogP contribution in [0.5, 0.6) is 0 Å². The molecule has 0 fully saturated rings. The summed E-state index contributed by atoms with van der Waals surface area (Å²) in [6.45, 7) is 8.06. The van der Waals surface area contributed by atoms with Gasteiger partial charge in [0.25, 0.3) is 0 Å². The van der Waals surface area contributed by atoms with Gasteiger partial charge in [0, 0.05) is 12.3 Å². The van der Waals surface area contributed by atoms with Crippen molar-refractivity contribution in [1.29, 1.82) is 0 Å². The molecule has 6 nitrogen and oxygen atoms in total. The molecule has 0 saturated heterocycles. The lowest BCUT2D eigenvalue weighted by Gasteiger charge is -2.29. The Balaban J connectivity index is 2.70. The number of thioether (sulfide) groups is 1. The molecular formula is C13H24N4O2S. The summed E-state index contributed by atoms with van der Waals surface area (Å²) < 4.78 is 7.08. The Labute approximate surface area is 124 Å². The smallest absolute Gasteiger partial charge is 0.326 e. The van der Waals surface area contributed by atoms with Gasteiger partial charge in [0.2, 0.25) is 0 Å². The maximum absolute atomic E-state index is 12.0. The number of nitrogens with one attached hydrogen (secondary N) is 1. The quantitative estimate of drug-likeness (QED) is 0.608. The molecule has 1 rings (SSSR count). The molecule has 1 aromatic heterocycles. The van der Waals surface area contributed by atoms with E-state index in [4.69, 9.17) is 4.74 Å². The van der Waals surface area contributed by atoms with E-state index in [1.54, 1.807) is 18.8 Å². The number of aryl methyl sites for hydroxylation is 1. The number of hydrogen-bond acceptors (Lipinski definition) is 6. The summed E-state index contributed by atoms with van der Waals surface area (Å²) in [6.07, 6.45) is 0.652. The van der Waals surface area contributed by atoms with Crippen molar-refractivity contribution in [3.8, 4) is 0 Å². The number of rotatable bonds is 7. The minimum absolute atomic E-state index is 0.208. The minimum Gasteiger partial charge on any atom is -0.465 e. The van der Waals surface area contributed by atoms with Crippen molar-refractivity contribution in [2.45, 2.75) is 50.1 Å². The van der Waals surface area contributed by atoms with Crippen LogP contribution in [0.3, 0.4) is 0 Å². The van der Waals surface area contributed by atoms with Gasteiger partial charge in [0.1, 0.15) is 11.4 Å². The van der Waals surface area contributed by atoms with Crippen LogP contribution in [0.2, 0.25) is 0 Å². The third-order valence-corrected chi connectivity index (χ3v) is 4.47. The van der Waals surface area contributed by atoms with Crippen molar-refractivity contribution in [1.82, 2.24) is 20.1 Å². The zero-order chi connectivity index (χ0) is 15.3. The second kappa shape index (κ2) is 7.08. The Morgan fingerprint density at radius 1 is 1.55 bits per heavy atom. The molecule has 1 N–H and O–H groups in total. The highest BCUT2D eigenvalue weighted by molar-refractivity contribution is 7.99. The van der Waals surface area contributed by atoms with Crippen LogP contribution >= 0.6 is 11.8 Å². The fourth-order valence-corrected chi connectivity index (χ4v) is 3.02. The third kappa shape index (κ3) is 3.96. The highest BCUT2D eigenvalue weighted by Gasteiger charge is 2.35. The Kier molecular flexibility index (Phi) is 6.01. The Hall–Kier alpha value is -1.08. The average molecular weight is 300 g/mol. The molecule has 1 aromatic rings. The summed E-state index contributed by atoms with van der Waals surface area (Å²) >= 11 is 1.61. The van der Waals surface area contributed by atoms with Gasteiger partial charge >= 0.3 is 5.97 Å². The SMILES string of the molecule is CCOC(=O)C(C)(CC(C)Sc1nnc(C)n1C)NC. The van der Waals surface area contributed by atoms with Gasteiger partial charge in [-0.3, -0.25) is 4.79 Å². The van der Waals surface area contributed by atoms with Crippen LogP contribution in [0.25, 0.3) is 0 Å². The van der Waals surface area contributed by atoms with Crippen LogP contribution in [-0.4, -0.2) is 45.2 Å². The van der Waals surface area contributed by atoms with Gasteiger partial charge < -0.3 is 14.6 Å². The van der Waals surface area contributed by atoms with Gasteiger partial charge in [0.15, 0.2) is 5.16 Å². The molecule has 0 saturated carbocycles. The molecule has 0 aromatic carbocycles. The Bertz CT molecular complexity index is 463. The van der Waals surface area contributed by atoms with E-state index in [0.29, 0.717) is 13.0 Å². The first-order valence-electron chi connectivity index (χ1n) is 6.72. The van der Waals surface area contributed by atoms with Gasteiger partial charge in [-0.05, 0) is 34.2 Å². The Morgan fingerprint density at radius 3 is 2.65 bits per heavy atom. The van der Waals surface area contributed by atoms with E-state index in [1.807, 2.05) is 32.4 Å². The van der Waals surface area contributed by atoms with Crippen LogP contribution < -0.4 is 5.32 Å². The van der Waals surface area contributed by atoms with Crippen LogP contribution in [0, 0.1) is 6.92 Å². The summed E-state index contributed by atoms with van der Waals surface area (Å²) in [5.41, 5.74) is -0.684. The predicted octanol–water partition coefficient (Wildman–Crippen LogP) is 1.54. The predicted molar refractivity (Wildman–Crippen MR) is 79.8 cm³/mol. The number of likely N-dealkylation sites (N-methyl/N-ethyl adjacent to an activating group) is 1. The topological polar surface area (TPSA) is 69.0 Å². The van der Waals surface area contributed by atoms with E-state index in [1.165, 1.54) is 0 Å². The minimum atomic E-state index is -0.684. The molecule has 0 aliphatic rings. The number of nitrogens with zero attached hydrogens (tertiary/aromatic N) is 3. The largest absolute Gasteiger partial charge is 0.465 e. The summed E-state index contributed by atoms with van der Waals surface area (Å²) in [6, 6.07) is 0. The van der Waals surface area contributed by atoms with Crippen molar-refractivity contribution in [2.75, 3.05) is 13.7 Å². The molecule has 114 valence electrons. The molecule has 20 heavy (non-hydrogen) atoms. The normalized spacial score (nSPS) is 15.7. The lowest BCUT2D eigenvalue weighted by Crippen LogP contribution is -2.50. The molecule has 7 heteroatoms. The highest BCUT2D eigenvalue weighted by Crippen LogP contribution is 2.28. The van der Waals surface area contributed by atoms with Crippen molar-refractivity contribution in [3.05, 3.63) is 5.82 Å². The first kappa shape index (κ1) is 17.0. The number of hydrogen-bond donors (Lipinski definition) is 1. The molecule has 2 atom stereocenters. The van der Waals surface area contributed by atoms with Crippen molar-refractivity contribution in [2.24, 2.45) is 7.05 Å². The van der Waals surface area contributed by atoms with Crippen LogP contribution in [0.1, 0.15) is 33.0 Å². The number of aromatic nitrogens is 3. The second-order valence-corrected chi connectivity index (χ2v) is 6.43. The zero-order valence-electron chi connectivity index (χ0n) is 13.1. The summed E-state index contributed by atoms with van der Waals surface area (Å²) in [4.78, 5) is 12.0. The molecule has 0 radical (unpaired) electrons. The van der Waals surface area contributed by atoms with Gasteiger partial charge in [-0.15, -0.1) is 10.2 Å². The fourth-order valence-electron chi connectivity index (χ4n) is 1.86. The first-order valence-corrected chi connectivity index (χ1v) is 7.60. The third-order valence-electron chi connectivity index (χ3n) is 3.33. The number of esters is 1. The summed E-state index contributed by atoms with van der Waals surface area (Å²) in [5, 5.41) is 12.3. The Morgan fingerprint density at radius 2 is 2.20 bits per heavy atom. The van der Waals surface area contributed by atoms with Gasteiger partial charge in [-0.1, -0.05) is 18.7 Å². The molecule has 0 aliphatic carbocycles. The van der Waals surface area contributed by atoms with Gasteiger partial charge in [0.05, 0.1) is 6.61 Å². The van der Waals surface area contributed by atoms with E-state index < -0.39 is 5.54 Å². The van der Waals surface area contributed by atoms with Crippen molar-refractivity contribution < 1.29 is 9.53 Å². The molecule has 0 spiro atoms. The van der Waals surface area contributed by atoms with E-state index >= 15 is 0 Å². The van der Waals surface area contributed by atoms with Crippen molar-refractivity contribution in [3.63, 3.8) is 0 Å². The number of carbonyl (C=O) groups excluding carboxylic acids is 1. The van der Waals surface area contributed by atoms with Gasteiger partial charge in [-0.2, -0.15) is 0 Å². The molecule has 2 unspecified atom stereocenters. The first-order chi connectivity index (χ1) is 9.34. The van der Waals surface area contributed by atoms with E-state index in [-0.39, 0.29) is 11.2 Å². The maximum atomic E-state index is 12.0. The monoisotopic (exact) mass is 300 g/mol. The van der Waals surface area contributed by atoms with Gasteiger partial charge in [-0.25, -0.2) is 0 Å². The molecular weight excluding hydrogens is 276 g/mol. The second-order valence-electron chi connectivity index (χ2n) is 5.02. The highest BCUT2D eigenvalue weighted by atomic mass is 32.2. The maximum Gasteiger partial charge on any atom is 0.326 e. The van der Waals surface area contributed by atoms with Crippen LogP contribution in [0.4, 0.5) is 0 Å². The van der Waals surface area contributed by atoms with Crippen LogP contribution in [0.15, 0.2) is 5.16 Å². The van der Waals surface area contributed by atoms with Crippen molar-refractivity contribution >= 4 is 17.7 Å². The average Bonchev–Trinajstić information content (AvgIpc) is 2.70. The summed E-state index contributed by atoms with van der Waals surface area (Å²) in [5.74, 6) is 0.658. The summed E-state index contributed by atoms with van der Waals surface area (Å²) in [7, 11) is 3.72. The van der Waals surface area contributed by atoms with Crippen LogP contribution in [-0.2, 0) is 16.6 Å². The molecule has 1 heterocycles. The molecule has 0 bridgehead atoms. The van der Waals surface area contributed by atoms with E-state index in [9.17, 15) is 4.79 Å². The fraction of sp³-hybridized carbons (Fsp3) is 0.769. The van der Waals surface area contributed by atoms with E-state index in [0.717, 1.165) is 11.0 Å². The standard InChI is InChI=1S/C13H24N4O2S/c1-7-19-11(18)13(4,14-5)8-9(2)20-12-16-15-10(3)17(12)6/h9,14H,7-8H2,1-6H3. The molecule has 0 amide bonds. The lowest BCUT2D eigenvalue weighted by atomic mass is 9.96.